The fraction of sp³-hybridized carbons (Fsp3) is 0.684. The average Bonchev–Trinajstić information content (AvgIpc) is 2.54. The molecule has 1 aromatic heterocycles. The molecule has 140 valence electrons. The quantitative estimate of drug-likeness (QED) is 0.829. The Morgan fingerprint density at radius 1 is 1.36 bits per heavy atom. The minimum absolute atomic E-state index is 0.0964. The number of piperidine rings is 1. The molecule has 1 aliphatic rings. The van der Waals surface area contributed by atoms with Gasteiger partial charge in [-0.3, -0.25) is 4.79 Å². The fourth-order valence-electron chi connectivity index (χ4n) is 3.15. The topological polar surface area (TPSA) is 74.4 Å². The Labute approximate surface area is 150 Å². The number of aryl methyl sites for hydroxylation is 2. The SMILES string of the molecule is Cc1cc(C)c(CNC(=O)N2CCC(COCC(C)C)CC2)c(=O)[nH]1. The van der Waals surface area contributed by atoms with Crippen LogP contribution in [0.5, 0.6) is 0 Å². The van der Waals surface area contributed by atoms with Crippen molar-refractivity contribution in [3.63, 3.8) is 0 Å². The minimum Gasteiger partial charge on any atom is -0.381 e. The number of nitrogens with zero attached hydrogens (tertiary/aromatic N) is 1. The Morgan fingerprint density at radius 3 is 2.64 bits per heavy atom. The molecule has 2 heterocycles. The lowest BCUT2D eigenvalue weighted by Crippen LogP contribution is -2.45. The van der Waals surface area contributed by atoms with Crippen molar-refractivity contribution in [2.45, 2.75) is 47.1 Å². The molecule has 0 atom stereocenters. The van der Waals surface area contributed by atoms with Crippen molar-refractivity contribution in [2.24, 2.45) is 11.8 Å². The molecule has 0 unspecified atom stereocenters. The average molecular weight is 349 g/mol. The van der Waals surface area contributed by atoms with Gasteiger partial charge in [0.05, 0.1) is 6.54 Å². The summed E-state index contributed by atoms with van der Waals surface area (Å²) in [5.41, 5.74) is 2.23. The third-order valence-electron chi connectivity index (χ3n) is 4.62. The van der Waals surface area contributed by atoms with E-state index >= 15 is 0 Å². The van der Waals surface area contributed by atoms with E-state index in [2.05, 4.69) is 24.1 Å². The number of urea groups is 1. The zero-order valence-electron chi connectivity index (χ0n) is 15.9. The monoisotopic (exact) mass is 349 g/mol. The Balaban J connectivity index is 1.77. The van der Waals surface area contributed by atoms with Crippen molar-refractivity contribution in [3.8, 4) is 0 Å². The molecule has 1 aromatic rings. The number of aromatic amines is 1. The lowest BCUT2D eigenvalue weighted by Gasteiger charge is -2.32. The van der Waals surface area contributed by atoms with Gasteiger partial charge in [-0.1, -0.05) is 13.8 Å². The van der Waals surface area contributed by atoms with E-state index in [0.29, 0.717) is 17.4 Å². The van der Waals surface area contributed by atoms with E-state index in [1.807, 2.05) is 24.8 Å². The van der Waals surface area contributed by atoms with Crippen molar-refractivity contribution >= 4 is 6.03 Å². The molecule has 2 rings (SSSR count). The molecule has 1 saturated heterocycles. The fourth-order valence-corrected chi connectivity index (χ4v) is 3.15. The summed E-state index contributed by atoms with van der Waals surface area (Å²) in [6.07, 6.45) is 1.94. The lowest BCUT2D eigenvalue weighted by molar-refractivity contribution is 0.0581. The smallest absolute Gasteiger partial charge is 0.317 e. The predicted molar refractivity (Wildman–Crippen MR) is 98.7 cm³/mol. The second-order valence-corrected chi connectivity index (χ2v) is 7.46. The zero-order chi connectivity index (χ0) is 18.4. The Bertz CT molecular complexity index is 631. The van der Waals surface area contributed by atoms with Crippen LogP contribution in [0.3, 0.4) is 0 Å². The number of rotatable bonds is 6. The summed E-state index contributed by atoms with van der Waals surface area (Å²) in [5, 5.41) is 2.88. The van der Waals surface area contributed by atoms with E-state index in [1.54, 1.807) is 0 Å². The van der Waals surface area contributed by atoms with Gasteiger partial charge in [-0.15, -0.1) is 0 Å². The molecule has 0 saturated carbocycles. The van der Waals surface area contributed by atoms with E-state index in [9.17, 15) is 9.59 Å². The summed E-state index contributed by atoms with van der Waals surface area (Å²) in [4.78, 5) is 29.0. The number of likely N-dealkylation sites (tertiary alicyclic amines) is 1. The van der Waals surface area contributed by atoms with Gasteiger partial charge in [-0.25, -0.2) is 4.79 Å². The number of carbonyl (C=O) groups excluding carboxylic acids is 1. The van der Waals surface area contributed by atoms with Crippen LogP contribution in [-0.4, -0.2) is 42.2 Å². The largest absolute Gasteiger partial charge is 0.381 e. The molecule has 0 aromatic carbocycles. The number of amides is 2. The van der Waals surface area contributed by atoms with Gasteiger partial charge < -0.3 is 19.9 Å². The van der Waals surface area contributed by atoms with Crippen LogP contribution in [-0.2, 0) is 11.3 Å². The van der Waals surface area contributed by atoms with Crippen LogP contribution in [0.4, 0.5) is 4.79 Å². The van der Waals surface area contributed by atoms with Crippen molar-refractivity contribution < 1.29 is 9.53 Å². The summed E-state index contributed by atoms with van der Waals surface area (Å²) in [6, 6.07) is 1.83. The number of pyridine rings is 1. The number of hydrogen-bond donors (Lipinski definition) is 2. The van der Waals surface area contributed by atoms with Crippen molar-refractivity contribution in [3.05, 3.63) is 33.2 Å². The predicted octanol–water partition coefficient (Wildman–Crippen LogP) is 2.59. The summed E-state index contributed by atoms with van der Waals surface area (Å²) in [6.45, 7) is 11.4. The third-order valence-corrected chi connectivity index (χ3v) is 4.62. The van der Waals surface area contributed by atoms with Gasteiger partial charge in [-0.2, -0.15) is 0 Å². The summed E-state index contributed by atoms with van der Waals surface area (Å²) in [5.74, 6) is 1.09. The summed E-state index contributed by atoms with van der Waals surface area (Å²) < 4.78 is 5.71. The van der Waals surface area contributed by atoms with Gasteiger partial charge in [0.25, 0.3) is 5.56 Å². The first-order valence-corrected chi connectivity index (χ1v) is 9.16. The standard InChI is InChI=1S/C19H31N3O3/c1-13(2)11-25-12-16-5-7-22(8-6-16)19(24)20-10-17-14(3)9-15(4)21-18(17)23/h9,13,16H,5-8,10-12H2,1-4H3,(H,20,24)(H,21,23). The first-order valence-electron chi connectivity index (χ1n) is 9.16. The zero-order valence-corrected chi connectivity index (χ0v) is 15.9. The Kier molecular flexibility index (Phi) is 7.05. The first kappa shape index (κ1) is 19.5. The maximum atomic E-state index is 12.3. The maximum absolute atomic E-state index is 12.3. The minimum atomic E-state index is -0.126. The first-order chi connectivity index (χ1) is 11.9. The highest BCUT2D eigenvalue weighted by Gasteiger charge is 2.23. The molecule has 25 heavy (non-hydrogen) atoms. The Morgan fingerprint density at radius 2 is 2.04 bits per heavy atom. The van der Waals surface area contributed by atoms with E-state index in [1.165, 1.54) is 0 Å². The number of nitrogens with one attached hydrogen (secondary N) is 2. The molecule has 0 spiro atoms. The Hall–Kier alpha value is -1.82. The van der Waals surface area contributed by atoms with Crippen LogP contribution in [0, 0.1) is 25.7 Å². The normalized spacial score (nSPS) is 15.6. The third kappa shape index (κ3) is 5.88. The van der Waals surface area contributed by atoms with Gasteiger partial charge in [0, 0.05) is 37.6 Å². The molecule has 0 radical (unpaired) electrons. The van der Waals surface area contributed by atoms with Gasteiger partial charge >= 0.3 is 6.03 Å². The van der Waals surface area contributed by atoms with Gasteiger partial charge in [0.15, 0.2) is 0 Å². The second-order valence-electron chi connectivity index (χ2n) is 7.46. The molecule has 2 N–H and O–H groups in total. The van der Waals surface area contributed by atoms with E-state index in [0.717, 1.165) is 50.4 Å². The molecule has 1 fully saturated rings. The maximum Gasteiger partial charge on any atom is 0.317 e. The van der Waals surface area contributed by atoms with E-state index in [4.69, 9.17) is 4.74 Å². The van der Waals surface area contributed by atoms with Crippen LogP contribution in [0.25, 0.3) is 0 Å². The lowest BCUT2D eigenvalue weighted by atomic mass is 9.98. The number of hydrogen-bond acceptors (Lipinski definition) is 3. The van der Waals surface area contributed by atoms with Crippen LogP contribution >= 0.6 is 0 Å². The van der Waals surface area contributed by atoms with Crippen LogP contribution in [0.2, 0.25) is 0 Å². The molecular formula is C19H31N3O3. The van der Waals surface area contributed by atoms with Crippen molar-refractivity contribution in [2.75, 3.05) is 26.3 Å². The molecule has 6 nitrogen and oxygen atoms in total. The molecule has 0 bridgehead atoms. The molecule has 1 aliphatic heterocycles. The summed E-state index contributed by atoms with van der Waals surface area (Å²) in [7, 11) is 0. The number of carbonyl (C=O) groups is 1. The number of aromatic nitrogens is 1. The molecule has 6 heteroatoms. The van der Waals surface area contributed by atoms with Gasteiger partial charge in [0.1, 0.15) is 0 Å². The van der Waals surface area contributed by atoms with Crippen LogP contribution in [0.1, 0.15) is 43.5 Å². The molecule has 0 aliphatic carbocycles. The van der Waals surface area contributed by atoms with Gasteiger partial charge in [0.2, 0.25) is 0 Å². The summed E-state index contributed by atoms with van der Waals surface area (Å²) >= 11 is 0. The molecular weight excluding hydrogens is 318 g/mol. The second kappa shape index (κ2) is 9.04. The van der Waals surface area contributed by atoms with Crippen LogP contribution in [0.15, 0.2) is 10.9 Å². The van der Waals surface area contributed by atoms with Crippen molar-refractivity contribution in [1.82, 2.24) is 15.2 Å². The highest BCUT2D eigenvalue weighted by atomic mass is 16.5. The number of ether oxygens (including phenoxy) is 1. The van der Waals surface area contributed by atoms with E-state index < -0.39 is 0 Å². The van der Waals surface area contributed by atoms with E-state index in [-0.39, 0.29) is 18.1 Å². The van der Waals surface area contributed by atoms with Crippen molar-refractivity contribution in [1.29, 1.82) is 0 Å². The highest BCUT2D eigenvalue weighted by molar-refractivity contribution is 5.74. The highest BCUT2D eigenvalue weighted by Crippen LogP contribution is 2.18. The van der Waals surface area contributed by atoms with Crippen LogP contribution < -0.4 is 10.9 Å². The van der Waals surface area contributed by atoms with Gasteiger partial charge in [-0.05, 0) is 50.2 Å². The molecule has 2 amide bonds. The number of H-pyrrole nitrogens is 1.